The number of benzene rings is 1. The van der Waals surface area contributed by atoms with Gasteiger partial charge in [-0.05, 0) is 26.0 Å². The van der Waals surface area contributed by atoms with Crippen LogP contribution in [0.5, 0.6) is 0 Å². The SMILES string of the molecule is CC(C)(CO)S(=O)(=O)c1ccccc1. The molecule has 0 aromatic heterocycles. The van der Waals surface area contributed by atoms with Gasteiger partial charge in [-0.3, -0.25) is 0 Å². The van der Waals surface area contributed by atoms with Crippen molar-refractivity contribution in [3.63, 3.8) is 0 Å². The summed E-state index contributed by atoms with van der Waals surface area (Å²) in [6.45, 7) is 2.63. The molecule has 1 aromatic rings. The third-order valence-corrected chi connectivity index (χ3v) is 4.64. The van der Waals surface area contributed by atoms with Crippen molar-refractivity contribution in [2.24, 2.45) is 0 Å². The van der Waals surface area contributed by atoms with Crippen LogP contribution in [-0.4, -0.2) is 24.9 Å². The largest absolute Gasteiger partial charge is 0.395 e. The molecule has 0 fully saturated rings. The fraction of sp³-hybridized carbons (Fsp3) is 0.400. The lowest BCUT2D eigenvalue weighted by Crippen LogP contribution is -2.35. The van der Waals surface area contributed by atoms with Crippen molar-refractivity contribution in [1.29, 1.82) is 0 Å². The number of hydrogen-bond acceptors (Lipinski definition) is 3. The lowest BCUT2D eigenvalue weighted by atomic mass is 10.2. The van der Waals surface area contributed by atoms with Gasteiger partial charge >= 0.3 is 0 Å². The number of aliphatic hydroxyl groups excluding tert-OH is 1. The van der Waals surface area contributed by atoms with E-state index in [1.54, 1.807) is 18.2 Å². The average Bonchev–Trinajstić information content (AvgIpc) is 2.19. The first-order chi connectivity index (χ1) is 6.42. The molecule has 0 saturated heterocycles. The number of sulfone groups is 1. The highest BCUT2D eigenvalue weighted by Gasteiger charge is 2.34. The number of aliphatic hydroxyl groups is 1. The molecule has 0 saturated carbocycles. The molecule has 0 atom stereocenters. The van der Waals surface area contributed by atoms with Gasteiger partial charge in [0.15, 0.2) is 9.84 Å². The quantitative estimate of drug-likeness (QED) is 0.823. The van der Waals surface area contributed by atoms with E-state index in [9.17, 15) is 8.42 Å². The van der Waals surface area contributed by atoms with Gasteiger partial charge in [-0.15, -0.1) is 0 Å². The van der Waals surface area contributed by atoms with E-state index in [1.165, 1.54) is 26.0 Å². The maximum atomic E-state index is 11.9. The summed E-state index contributed by atoms with van der Waals surface area (Å²) in [5, 5.41) is 9.01. The molecule has 14 heavy (non-hydrogen) atoms. The zero-order chi connectivity index (χ0) is 10.8. The summed E-state index contributed by atoms with van der Waals surface area (Å²) in [6.07, 6.45) is 0. The third kappa shape index (κ3) is 1.81. The molecule has 78 valence electrons. The highest BCUT2D eigenvalue weighted by atomic mass is 32.2. The van der Waals surface area contributed by atoms with Gasteiger partial charge < -0.3 is 5.11 Å². The Labute approximate surface area is 84.3 Å². The molecule has 0 aliphatic carbocycles. The monoisotopic (exact) mass is 214 g/mol. The van der Waals surface area contributed by atoms with E-state index < -0.39 is 14.6 Å². The van der Waals surface area contributed by atoms with Gasteiger partial charge in [-0.25, -0.2) is 8.42 Å². The van der Waals surface area contributed by atoms with Gasteiger partial charge in [-0.2, -0.15) is 0 Å². The summed E-state index contributed by atoms with van der Waals surface area (Å²) >= 11 is 0. The summed E-state index contributed by atoms with van der Waals surface area (Å²) in [6, 6.07) is 8.16. The molecule has 0 aliphatic rings. The Morgan fingerprint density at radius 2 is 1.71 bits per heavy atom. The third-order valence-electron chi connectivity index (χ3n) is 2.16. The molecule has 0 heterocycles. The molecule has 0 unspecified atom stereocenters. The summed E-state index contributed by atoms with van der Waals surface area (Å²) in [5.74, 6) is 0. The summed E-state index contributed by atoms with van der Waals surface area (Å²) < 4.78 is 22.7. The van der Waals surface area contributed by atoms with Crippen LogP contribution in [0.15, 0.2) is 35.2 Å². The van der Waals surface area contributed by atoms with E-state index in [2.05, 4.69) is 0 Å². The lowest BCUT2D eigenvalue weighted by molar-refractivity contribution is 0.258. The summed E-state index contributed by atoms with van der Waals surface area (Å²) in [5.41, 5.74) is 0. The molecule has 0 spiro atoms. The van der Waals surface area contributed by atoms with Gasteiger partial charge in [0.05, 0.1) is 16.2 Å². The molecule has 0 bridgehead atoms. The first kappa shape index (κ1) is 11.2. The highest BCUT2D eigenvalue weighted by molar-refractivity contribution is 7.92. The van der Waals surface area contributed by atoms with E-state index in [-0.39, 0.29) is 11.5 Å². The predicted molar refractivity (Wildman–Crippen MR) is 54.8 cm³/mol. The van der Waals surface area contributed by atoms with E-state index in [0.717, 1.165) is 0 Å². The van der Waals surface area contributed by atoms with Crippen molar-refractivity contribution in [2.75, 3.05) is 6.61 Å². The molecule has 0 radical (unpaired) electrons. The molecule has 0 amide bonds. The van der Waals surface area contributed by atoms with Crippen LogP contribution in [0.3, 0.4) is 0 Å². The fourth-order valence-electron chi connectivity index (χ4n) is 1.00. The van der Waals surface area contributed by atoms with Crippen molar-refractivity contribution in [3.8, 4) is 0 Å². The molecular formula is C10H14O3S. The Morgan fingerprint density at radius 1 is 1.21 bits per heavy atom. The van der Waals surface area contributed by atoms with Crippen LogP contribution in [-0.2, 0) is 9.84 Å². The topological polar surface area (TPSA) is 54.4 Å². The molecule has 1 N–H and O–H groups in total. The maximum Gasteiger partial charge on any atom is 0.185 e. The Morgan fingerprint density at radius 3 is 2.14 bits per heavy atom. The predicted octanol–water partition coefficient (Wildman–Crippen LogP) is 1.23. The van der Waals surface area contributed by atoms with Crippen LogP contribution in [0.4, 0.5) is 0 Å². The zero-order valence-electron chi connectivity index (χ0n) is 8.27. The Kier molecular flexibility index (Phi) is 2.97. The van der Waals surface area contributed by atoms with Gasteiger partial charge in [0.25, 0.3) is 0 Å². The normalized spacial score (nSPS) is 12.8. The van der Waals surface area contributed by atoms with Crippen LogP contribution in [0.1, 0.15) is 13.8 Å². The second-order valence-corrected chi connectivity index (χ2v) is 6.32. The highest BCUT2D eigenvalue weighted by Crippen LogP contribution is 2.24. The van der Waals surface area contributed by atoms with E-state index in [0.29, 0.717) is 0 Å². The van der Waals surface area contributed by atoms with E-state index in [1.807, 2.05) is 0 Å². The standard InChI is InChI=1S/C10H14O3S/c1-10(2,8-11)14(12,13)9-6-4-3-5-7-9/h3-7,11H,8H2,1-2H3. The van der Waals surface area contributed by atoms with Gasteiger partial charge in [0.1, 0.15) is 0 Å². The van der Waals surface area contributed by atoms with Crippen LogP contribution in [0, 0.1) is 0 Å². The van der Waals surface area contributed by atoms with Crippen molar-refractivity contribution >= 4 is 9.84 Å². The molecular weight excluding hydrogens is 200 g/mol. The van der Waals surface area contributed by atoms with Gasteiger partial charge in [0, 0.05) is 0 Å². The Balaban J connectivity index is 3.23. The zero-order valence-corrected chi connectivity index (χ0v) is 9.08. The average molecular weight is 214 g/mol. The van der Waals surface area contributed by atoms with Crippen molar-refractivity contribution < 1.29 is 13.5 Å². The minimum Gasteiger partial charge on any atom is -0.395 e. The Bertz CT molecular complexity index is 393. The van der Waals surface area contributed by atoms with Crippen LogP contribution >= 0.6 is 0 Å². The number of rotatable bonds is 3. The second kappa shape index (κ2) is 3.71. The first-order valence-electron chi connectivity index (χ1n) is 4.32. The molecule has 4 heteroatoms. The van der Waals surface area contributed by atoms with Crippen molar-refractivity contribution in [2.45, 2.75) is 23.5 Å². The maximum absolute atomic E-state index is 11.9. The number of hydrogen-bond donors (Lipinski definition) is 1. The lowest BCUT2D eigenvalue weighted by Gasteiger charge is -2.21. The van der Waals surface area contributed by atoms with Crippen LogP contribution in [0.2, 0.25) is 0 Å². The fourth-order valence-corrected chi connectivity index (χ4v) is 2.33. The van der Waals surface area contributed by atoms with Crippen molar-refractivity contribution in [3.05, 3.63) is 30.3 Å². The molecule has 3 nitrogen and oxygen atoms in total. The first-order valence-corrected chi connectivity index (χ1v) is 5.81. The van der Waals surface area contributed by atoms with Gasteiger partial charge in [-0.1, -0.05) is 18.2 Å². The molecule has 1 rings (SSSR count). The van der Waals surface area contributed by atoms with E-state index >= 15 is 0 Å². The van der Waals surface area contributed by atoms with Crippen molar-refractivity contribution in [1.82, 2.24) is 0 Å². The van der Waals surface area contributed by atoms with Crippen LogP contribution in [0.25, 0.3) is 0 Å². The van der Waals surface area contributed by atoms with Crippen LogP contribution < -0.4 is 0 Å². The minimum atomic E-state index is -3.44. The molecule has 1 aromatic carbocycles. The summed E-state index contributed by atoms with van der Waals surface area (Å²) in [7, 11) is -3.44. The van der Waals surface area contributed by atoms with Gasteiger partial charge in [0.2, 0.25) is 0 Å². The second-order valence-electron chi connectivity index (χ2n) is 3.73. The smallest absolute Gasteiger partial charge is 0.185 e. The minimum absolute atomic E-state index is 0.249. The summed E-state index contributed by atoms with van der Waals surface area (Å²) in [4.78, 5) is 0.249. The Hall–Kier alpha value is -0.870. The molecule has 0 aliphatic heterocycles. The van der Waals surface area contributed by atoms with E-state index in [4.69, 9.17) is 5.11 Å².